The molecule has 0 bridgehead atoms. The molecule has 2 unspecified atom stereocenters. The highest BCUT2D eigenvalue weighted by Gasteiger charge is 2.29. The third-order valence-electron chi connectivity index (χ3n) is 3.53. The van der Waals surface area contributed by atoms with E-state index in [0.29, 0.717) is 18.8 Å². The summed E-state index contributed by atoms with van der Waals surface area (Å²) in [7, 11) is -2.83. The van der Waals surface area contributed by atoms with Gasteiger partial charge in [-0.3, -0.25) is 0 Å². The molecule has 106 valence electrons. The second-order valence-electron chi connectivity index (χ2n) is 5.08. The molecule has 0 spiro atoms. The van der Waals surface area contributed by atoms with Crippen molar-refractivity contribution in [2.45, 2.75) is 25.8 Å². The first-order valence-corrected chi connectivity index (χ1v) is 8.51. The lowest BCUT2D eigenvalue weighted by atomic mass is 9.94. The fourth-order valence-electron chi connectivity index (χ4n) is 2.62. The Morgan fingerprint density at radius 2 is 2.16 bits per heavy atom. The van der Waals surface area contributed by atoms with Gasteiger partial charge in [0.25, 0.3) is 0 Å². The van der Waals surface area contributed by atoms with Crippen molar-refractivity contribution in [1.29, 1.82) is 0 Å². The van der Waals surface area contributed by atoms with Gasteiger partial charge in [-0.2, -0.15) is 0 Å². The Morgan fingerprint density at radius 3 is 2.79 bits per heavy atom. The van der Waals surface area contributed by atoms with E-state index in [1.807, 2.05) is 31.2 Å². The summed E-state index contributed by atoms with van der Waals surface area (Å²) in [6, 6.07) is 7.55. The highest BCUT2D eigenvalue weighted by molar-refractivity contribution is 7.91. The van der Waals surface area contributed by atoms with Gasteiger partial charge in [-0.15, -0.1) is 0 Å². The molecule has 0 saturated carbocycles. The molecule has 0 aliphatic carbocycles. The summed E-state index contributed by atoms with van der Waals surface area (Å²) in [5.41, 5.74) is 7.19. The molecule has 0 radical (unpaired) electrons. The number of rotatable bonds is 5. The molecule has 2 atom stereocenters. The first kappa shape index (κ1) is 14.3. The molecule has 2 rings (SSSR count). The van der Waals surface area contributed by atoms with Crippen LogP contribution in [0.25, 0.3) is 0 Å². The van der Waals surface area contributed by atoms with Gasteiger partial charge in [0.05, 0.1) is 18.1 Å². The molecule has 5 heteroatoms. The second kappa shape index (κ2) is 5.92. The van der Waals surface area contributed by atoms with Crippen LogP contribution in [-0.4, -0.2) is 26.5 Å². The van der Waals surface area contributed by atoms with Crippen molar-refractivity contribution in [1.82, 2.24) is 0 Å². The van der Waals surface area contributed by atoms with Crippen molar-refractivity contribution in [3.63, 3.8) is 0 Å². The predicted octanol–water partition coefficient (Wildman–Crippen LogP) is 1.91. The fraction of sp³-hybridized carbons (Fsp3) is 0.571. The first-order valence-electron chi connectivity index (χ1n) is 6.69. The average Bonchev–Trinajstić information content (AvgIpc) is 2.69. The van der Waals surface area contributed by atoms with Crippen molar-refractivity contribution in [3.8, 4) is 5.75 Å². The minimum atomic E-state index is -2.83. The average molecular weight is 283 g/mol. The van der Waals surface area contributed by atoms with Crippen LogP contribution < -0.4 is 10.5 Å². The van der Waals surface area contributed by atoms with Gasteiger partial charge in [0.15, 0.2) is 9.84 Å². The zero-order valence-electron chi connectivity index (χ0n) is 11.2. The van der Waals surface area contributed by atoms with E-state index >= 15 is 0 Å². The summed E-state index contributed by atoms with van der Waals surface area (Å²) in [6.07, 6.45) is 1.43. The zero-order chi connectivity index (χ0) is 13.9. The van der Waals surface area contributed by atoms with Gasteiger partial charge >= 0.3 is 0 Å². The van der Waals surface area contributed by atoms with Crippen LogP contribution in [0.1, 0.15) is 31.4 Å². The molecule has 0 amide bonds. The molecule has 2 N–H and O–H groups in total. The SMILES string of the molecule is CCOc1ccccc1C(N)CC1CCS(=O)(=O)C1. The third-order valence-corrected chi connectivity index (χ3v) is 5.37. The Bertz CT molecular complexity index is 527. The second-order valence-corrected chi connectivity index (χ2v) is 7.31. The lowest BCUT2D eigenvalue weighted by Crippen LogP contribution is -2.17. The minimum Gasteiger partial charge on any atom is -0.494 e. The molecule has 1 aromatic rings. The van der Waals surface area contributed by atoms with E-state index in [1.165, 1.54) is 0 Å². The molecular weight excluding hydrogens is 262 g/mol. The molecular formula is C14H21NO3S. The van der Waals surface area contributed by atoms with Gasteiger partial charge < -0.3 is 10.5 Å². The number of nitrogens with two attached hydrogens (primary N) is 1. The summed E-state index contributed by atoms with van der Waals surface area (Å²) in [4.78, 5) is 0. The minimum absolute atomic E-state index is 0.166. The molecule has 19 heavy (non-hydrogen) atoms. The Hall–Kier alpha value is -1.07. The van der Waals surface area contributed by atoms with Crippen molar-refractivity contribution < 1.29 is 13.2 Å². The van der Waals surface area contributed by atoms with Crippen LogP contribution in [0.15, 0.2) is 24.3 Å². The van der Waals surface area contributed by atoms with E-state index in [4.69, 9.17) is 10.5 Å². The smallest absolute Gasteiger partial charge is 0.150 e. The molecule has 1 saturated heterocycles. The summed E-state index contributed by atoms with van der Waals surface area (Å²) < 4.78 is 28.5. The maximum atomic E-state index is 11.5. The number of ether oxygens (including phenoxy) is 1. The Kier molecular flexibility index (Phi) is 4.47. The van der Waals surface area contributed by atoms with Gasteiger partial charge in [-0.25, -0.2) is 8.42 Å². The van der Waals surface area contributed by atoms with Crippen LogP contribution in [0.3, 0.4) is 0 Å². The summed E-state index contributed by atoms with van der Waals surface area (Å²) in [5, 5.41) is 0. The third kappa shape index (κ3) is 3.70. The zero-order valence-corrected chi connectivity index (χ0v) is 12.0. The summed E-state index contributed by atoms with van der Waals surface area (Å²) in [5.74, 6) is 1.56. The maximum Gasteiger partial charge on any atom is 0.150 e. The van der Waals surface area contributed by atoms with Crippen LogP contribution in [0.5, 0.6) is 5.75 Å². The van der Waals surface area contributed by atoms with Gasteiger partial charge in [0.2, 0.25) is 0 Å². The summed E-state index contributed by atoms with van der Waals surface area (Å²) in [6.45, 7) is 2.54. The monoisotopic (exact) mass is 283 g/mol. The van der Waals surface area contributed by atoms with Crippen LogP contribution in [0.4, 0.5) is 0 Å². The van der Waals surface area contributed by atoms with E-state index in [0.717, 1.165) is 17.7 Å². The quantitative estimate of drug-likeness (QED) is 0.896. The molecule has 1 fully saturated rings. The van der Waals surface area contributed by atoms with E-state index in [9.17, 15) is 8.42 Å². The number of hydrogen-bond acceptors (Lipinski definition) is 4. The largest absolute Gasteiger partial charge is 0.494 e. The van der Waals surface area contributed by atoms with Crippen molar-refractivity contribution >= 4 is 9.84 Å². The van der Waals surface area contributed by atoms with Crippen molar-refractivity contribution in [2.24, 2.45) is 11.7 Å². The summed E-state index contributed by atoms with van der Waals surface area (Å²) >= 11 is 0. The van der Waals surface area contributed by atoms with Crippen LogP contribution in [-0.2, 0) is 9.84 Å². The lowest BCUT2D eigenvalue weighted by Gasteiger charge is -2.19. The molecule has 1 aromatic carbocycles. The van der Waals surface area contributed by atoms with Crippen LogP contribution in [0.2, 0.25) is 0 Å². The Morgan fingerprint density at radius 1 is 1.42 bits per heavy atom. The Labute approximate surface area is 114 Å². The normalized spacial score (nSPS) is 23.2. The number of sulfone groups is 1. The molecule has 1 aliphatic rings. The predicted molar refractivity (Wildman–Crippen MR) is 75.9 cm³/mol. The van der Waals surface area contributed by atoms with E-state index in [-0.39, 0.29) is 17.7 Å². The molecule has 4 nitrogen and oxygen atoms in total. The highest BCUT2D eigenvalue weighted by atomic mass is 32.2. The van der Waals surface area contributed by atoms with E-state index < -0.39 is 9.84 Å². The molecule has 1 aliphatic heterocycles. The number of hydrogen-bond donors (Lipinski definition) is 1. The molecule has 0 aromatic heterocycles. The van der Waals surface area contributed by atoms with Gasteiger partial charge in [0.1, 0.15) is 5.75 Å². The van der Waals surface area contributed by atoms with Gasteiger partial charge in [-0.05, 0) is 31.7 Å². The molecule has 1 heterocycles. The number of para-hydroxylation sites is 1. The van der Waals surface area contributed by atoms with Crippen LogP contribution in [0, 0.1) is 5.92 Å². The standard InChI is InChI=1S/C14H21NO3S/c1-2-18-14-6-4-3-5-12(14)13(15)9-11-7-8-19(16,17)10-11/h3-6,11,13H,2,7-10,15H2,1H3. The number of benzene rings is 1. The first-order chi connectivity index (χ1) is 9.02. The van der Waals surface area contributed by atoms with Crippen molar-refractivity contribution in [3.05, 3.63) is 29.8 Å². The lowest BCUT2D eigenvalue weighted by molar-refractivity contribution is 0.331. The van der Waals surface area contributed by atoms with Crippen molar-refractivity contribution in [2.75, 3.05) is 18.1 Å². The van der Waals surface area contributed by atoms with Crippen LogP contribution >= 0.6 is 0 Å². The fourth-order valence-corrected chi connectivity index (χ4v) is 4.50. The topological polar surface area (TPSA) is 69.4 Å². The highest BCUT2D eigenvalue weighted by Crippen LogP contribution is 2.31. The Balaban J connectivity index is 2.06. The van der Waals surface area contributed by atoms with Gasteiger partial charge in [-0.1, -0.05) is 18.2 Å². The van der Waals surface area contributed by atoms with E-state index in [2.05, 4.69) is 0 Å². The van der Waals surface area contributed by atoms with Gasteiger partial charge in [0, 0.05) is 11.6 Å². The van der Waals surface area contributed by atoms with E-state index in [1.54, 1.807) is 0 Å². The maximum absolute atomic E-state index is 11.5.